The number of benzene rings is 1. The van der Waals surface area contributed by atoms with E-state index in [0.29, 0.717) is 23.8 Å². The molecule has 1 atom stereocenters. The zero-order chi connectivity index (χ0) is 15.7. The van der Waals surface area contributed by atoms with Crippen LogP contribution in [-0.2, 0) is 6.42 Å². The predicted molar refractivity (Wildman–Crippen MR) is 82.0 cm³/mol. The molecule has 0 aliphatic carbocycles. The lowest BCUT2D eigenvalue weighted by atomic mass is 9.94. The molecule has 0 unspecified atom stereocenters. The van der Waals surface area contributed by atoms with Crippen molar-refractivity contribution in [1.82, 2.24) is 9.88 Å². The first-order valence-electron chi connectivity index (χ1n) is 7.55. The van der Waals surface area contributed by atoms with Gasteiger partial charge in [0.1, 0.15) is 5.75 Å². The quantitative estimate of drug-likeness (QED) is 0.870. The van der Waals surface area contributed by atoms with Gasteiger partial charge in [-0.2, -0.15) is 0 Å². The smallest absolute Gasteiger partial charge is 0.292 e. The summed E-state index contributed by atoms with van der Waals surface area (Å²) < 4.78 is 10.8. The number of ether oxygens (including phenoxy) is 1. The van der Waals surface area contributed by atoms with Gasteiger partial charge in [-0.1, -0.05) is 19.1 Å². The maximum Gasteiger partial charge on any atom is 0.292 e. The number of oxazole rings is 1. The molecular weight excluding hydrogens is 280 g/mol. The van der Waals surface area contributed by atoms with Crippen molar-refractivity contribution in [3.8, 4) is 5.75 Å². The van der Waals surface area contributed by atoms with E-state index in [-0.39, 0.29) is 11.9 Å². The minimum absolute atomic E-state index is 0.0798. The molecule has 0 bridgehead atoms. The van der Waals surface area contributed by atoms with Crippen molar-refractivity contribution in [3.05, 3.63) is 47.2 Å². The molecule has 1 fully saturated rings. The van der Waals surface area contributed by atoms with Crippen molar-refractivity contribution < 1.29 is 13.9 Å². The summed E-state index contributed by atoms with van der Waals surface area (Å²) in [6.07, 6.45) is 1.64. The molecule has 5 nitrogen and oxygen atoms in total. The number of amides is 1. The van der Waals surface area contributed by atoms with Crippen molar-refractivity contribution in [2.24, 2.45) is 0 Å². The van der Waals surface area contributed by atoms with Crippen molar-refractivity contribution in [3.63, 3.8) is 0 Å². The number of carbonyl (C=O) groups excluding carboxylic acids is 1. The molecule has 1 amide bonds. The summed E-state index contributed by atoms with van der Waals surface area (Å²) in [6, 6.07) is 7.94. The molecule has 1 aromatic carbocycles. The maximum atomic E-state index is 12.7. The fourth-order valence-corrected chi connectivity index (χ4v) is 2.76. The van der Waals surface area contributed by atoms with Gasteiger partial charge in [-0.3, -0.25) is 4.79 Å². The molecule has 2 aromatic rings. The average molecular weight is 300 g/mol. The van der Waals surface area contributed by atoms with Crippen LogP contribution in [0.5, 0.6) is 5.75 Å². The van der Waals surface area contributed by atoms with E-state index in [2.05, 4.69) is 4.98 Å². The van der Waals surface area contributed by atoms with Gasteiger partial charge in [0.25, 0.3) is 5.91 Å². The summed E-state index contributed by atoms with van der Waals surface area (Å²) in [7, 11) is 1.65. The minimum atomic E-state index is -0.0798. The first-order valence-corrected chi connectivity index (χ1v) is 7.55. The SMILES string of the molecule is CCc1nc(C)c(C(=O)N2CC[C@@H]2c2cccc(OC)c2)o1. The van der Waals surface area contributed by atoms with Crippen molar-refractivity contribution in [2.45, 2.75) is 32.7 Å². The Morgan fingerprint density at radius 2 is 2.32 bits per heavy atom. The fraction of sp³-hybridized carbons (Fsp3) is 0.412. The van der Waals surface area contributed by atoms with E-state index in [9.17, 15) is 4.79 Å². The molecule has 0 saturated carbocycles. The molecule has 22 heavy (non-hydrogen) atoms. The molecule has 1 aliphatic rings. The second-order valence-corrected chi connectivity index (χ2v) is 5.46. The number of rotatable bonds is 4. The number of carbonyl (C=O) groups is 1. The maximum absolute atomic E-state index is 12.7. The third-order valence-corrected chi connectivity index (χ3v) is 4.10. The number of hydrogen-bond donors (Lipinski definition) is 0. The lowest BCUT2D eigenvalue weighted by Crippen LogP contribution is -2.45. The average Bonchev–Trinajstić information content (AvgIpc) is 2.87. The summed E-state index contributed by atoms with van der Waals surface area (Å²) in [5.74, 6) is 1.70. The highest BCUT2D eigenvalue weighted by molar-refractivity contribution is 5.93. The zero-order valence-corrected chi connectivity index (χ0v) is 13.1. The summed E-state index contributed by atoms with van der Waals surface area (Å²) in [6.45, 7) is 4.51. The zero-order valence-electron chi connectivity index (χ0n) is 13.1. The van der Waals surface area contributed by atoms with E-state index >= 15 is 0 Å². The lowest BCUT2D eigenvalue weighted by Gasteiger charge is -2.40. The van der Waals surface area contributed by atoms with Crippen molar-refractivity contribution >= 4 is 5.91 Å². The number of likely N-dealkylation sites (tertiary alicyclic amines) is 1. The fourth-order valence-electron chi connectivity index (χ4n) is 2.76. The van der Waals surface area contributed by atoms with Crippen molar-refractivity contribution in [2.75, 3.05) is 13.7 Å². The highest BCUT2D eigenvalue weighted by Crippen LogP contribution is 2.36. The number of methoxy groups -OCH3 is 1. The topological polar surface area (TPSA) is 55.6 Å². The first-order chi connectivity index (χ1) is 10.6. The number of nitrogens with zero attached hydrogens (tertiary/aromatic N) is 2. The van der Waals surface area contributed by atoms with Crippen LogP contribution in [0.2, 0.25) is 0 Å². The Morgan fingerprint density at radius 1 is 1.50 bits per heavy atom. The molecule has 0 radical (unpaired) electrons. The van der Waals surface area contributed by atoms with E-state index in [1.807, 2.05) is 43.0 Å². The second-order valence-electron chi connectivity index (χ2n) is 5.46. The van der Waals surface area contributed by atoms with Gasteiger partial charge in [0.15, 0.2) is 5.89 Å². The molecule has 116 valence electrons. The number of aromatic nitrogens is 1. The van der Waals surface area contributed by atoms with Crippen LogP contribution in [0.15, 0.2) is 28.7 Å². The van der Waals surface area contributed by atoms with Gasteiger partial charge >= 0.3 is 0 Å². The van der Waals surface area contributed by atoms with Crippen molar-refractivity contribution in [1.29, 1.82) is 0 Å². The normalized spacial score (nSPS) is 17.2. The third kappa shape index (κ3) is 2.47. The van der Waals surface area contributed by atoms with E-state index in [1.54, 1.807) is 7.11 Å². The van der Waals surface area contributed by atoms with E-state index in [0.717, 1.165) is 24.3 Å². The van der Waals surface area contributed by atoms with Crippen LogP contribution in [0.1, 0.15) is 47.1 Å². The van der Waals surface area contributed by atoms with Crippen LogP contribution in [-0.4, -0.2) is 29.4 Å². The molecule has 2 heterocycles. The monoisotopic (exact) mass is 300 g/mol. The Balaban J connectivity index is 1.82. The Bertz CT molecular complexity index is 693. The van der Waals surface area contributed by atoms with E-state index < -0.39 is 0 Å². The molecule has 5 heteroatoms. The van der Waals surface area contributed by atoms with Gasteiger partial charge < -0.3 is 14.1 Å². The second kappa shape index (κ2) is 5.83. The summed E-state index contributed by atoms with van der Waals surface area (Å²) in [5.41, 5.74) is 1.75. The molecule has 1 aromatic heterocycles. The van der Waals surface area contributed by atoms with Gasteiger partial charge in [0.05, 0.1) is 18.8 Å². The van der Waals surface area contributed by atoms with E-state index in [4.69, 9.17) is 9.15 Å². The van der Waals surface area contributed by atoms with Gasteiger partial charge in [-0.25, -0.2) is 4.98 Å². The first kappa shape index (κ1) is 14.6. The summed E-state index contributed by atoms with van der Waals surface area (Å²) in [4.78, 5) is 18.8. The Labute approximate surface area is 129 Å². The van der Waals surface area contributed by atoms with Gasteiger partial charge in [-0.05, 0) is 31.0 Å². The molecule has 0 N–H and O–H groups in total. The molecule has 1 aliphatic heterocycles. The molecule has 0 spiro atoms. The number of aryl methyl sites for hydroxylation is 2. The minimum Gasteiger partial charge on any atom is -0.497 e. The molecule has 1 saturated heterocycles. The van der Waals surface area contributed by atoms with Gasteiger partial charge in [0.2, 0.25) is 5.76 Å². The van der Waals surface area contributed by atoms with Crippen LogP contribution < -0.4 is 4.74 Å². The Kier molecular flexibility index (Phi) is 3.88. The highest BCUT2D eigenvalue weighted by atomic mass is 16.5. The Hall–Kier alpha value is -2.30. The summed E-state index contributed by atoms with van der Waals surface area (Å²) in [5, 5.41) is 0. The molecular formula is C17H20N2O3. The van der Waals surface area contributed by atoms with Crippen LogP contribution >= 0.6 is 0 Å². The van der Waals surface area contributed by atoms with Crippen LogP contribution in [0, 0.1) is 6.92 Å². The summed E-state index contributed by atoms with van der Waals surface area (Å²) >= 11 is 0. The van der Waals surface area contributed by atoms with Gasteiger partial charge in [-0.15, -0.1) is 0 Å². The standard InChI is InChI=1S/C17H20N2O3/c1-4-15-18-11(2)16(22-15)17(20)19-9-8-14(19)12-6-5-7-13(10-12)21-3/h5-7,10,14H,4,8-9H2,1-3H3/t14-/m1/s1. The predicted octanol–water partition coefficient (Wildman–Crippen LogP) is 3.14. The Morgan fingerprint density at radius 3 is 2.91 bits per heavy atom. The van der Waals surface area contributed by atoms with Crippen LogP contribution in [0.4, 0.5) is 0 Å². The van der Waals surface area contributed by atoms with Gasteiger partial charge in [0, 0.05) is 13.0 Å². The third-order valence-electron chi connectivity index (χ3n) is 4.10. The lowest BCUT2D eigenvalue weighted by molar-refractivity contribution is 0.0424. The van der Waals surface area contributed by atoms with Crippen LogP contribution in [0.3, 0.4) is 0 Å². The van der Waals surface area contributed by atoms with Crippen LogP contribution in [0.25, 0.3) is 0 Å². The largest absolute Gasteiger partial charge is 0.497 e. The number of hydrogen-bond acceptors (Lipinski definition) is 4. The molecule has 3 rings (SSSR count). The highest BCUT2D eigenvalue weighted by Gasteiger charge is 2.36. The van der Waals surface area contributed by atoms with E-state index in [1.165, 1.54) is 0 Å².